The minimum absolute atomic E-state index is 0.214. The lowest BCUT2D eigenvalue weighted by atomic mass is 10.2. The quantitative estimate of drug-likeness (QED) is 0.555. The molecule has 1 aromatic carbocycles. The minimum Gasteiger partial charge on any atom is -0.298 e. The first-order valence-electron chi connectivity index (χ1n) is 7.43. The van der Waals surface area contributed by atoms with E-state index < -0.39 is 0 Å². The molecule has 0 radical (unpaired) electrons. The molecule has 0 saturated carbocycles. The highest BCUT2D eigenvalue weighted by molar-refractivity contribution is 7.98. The Labute approximate surface area is 151 Å². The van der Waals surface area contributed by atoms with Crippen LogP contribution in [-0.2, 0) is 0 Å². The summed E-state index contributed by atoms with van der Waals surface area (Å²) >= 11 is 3.10. The fraction of sp³-hybridized carbons (Fsp3) is 0.0588. The van der Waals surface area contributed by atoms with Gasteiger partial charge in [0.15, 0.2) is 10.8 Å². The minimum atomic E-state index is -0.214. The smallest absolute Gasteiger partial charge is 0.258 e. The lowest BCUT2D eigenvalue weighted by molar-refractivity contribution is 0.102. The topological polar surface area (TPSA) is 72.2 Å². The molecule has 1 N–H and O–H groups in total. The van der Waals surface area contributed by atoms with Gasteiger partial charge in [-0.05, 0) is 30.5 Å². The van der Waals surface area contributed by atoms with Crippen LogP contribution in [0.5, 0.6) is 0 Å². The number of aromatic nitrogens is 4. The van der Waals surface area contributed by atoms with Gasteiger partial charge in [0.25, 0.3) is 5.91 Å². The average Bonchev–Trinajstić information content (AvgIpc) is 3.30. The van der Waals surface area contributed by atoms with Crippen LogP contribution in [-0.4, -0.2) is 31.7 Å². The molecule has 0 saturated heterocycles. The predicted octanol–water partition coefficient (Wildman–Crippen LogP) is 3.83. The van der Waals surface area contributed by atoms with Gasteiger partial charge < -0.3 is 0 Å². The molecular weight excluding hydrogens is 354 g/mol. The number of fused-ring (bicyclic) bond motifs is 1. The summed E-state index contributed by atoms with van der Waals surface area (Å²) in [4.78, 5) is 18.1. The van der Waals surface area contributed by atoms with Crippen LogP contribution in [0.3, 0.4) is 0 Å². The Bertz CT molecular complexity index is 1040. The number of nitrogens with zero attached hydrogens (tertiary/aromatic N) is 4. The highest BCUT2D eigenvalue weighted by Gasteiger charge is 2.11. The van der Waals surface area contributed by atoms with Gasteiger partial charge in [-0.2, -0.15) is 0 Å². The number of anilines is 1. The molecule has 8 heteroatoms. The van der Waals surface area contributed by atoms with E-state index in [0.717, 1.165) is 11.3 Å². The number of thioether (sulfide) groups is 1. The lowest BCUT2D eigenvalue weighted by Gasteiger charge is -2.02. The molecule has 124 valence electrons. The Kier molecular flexibility index (Phi) is 4.21. The van der Waals surface area contributed by atoms with Crippen molar-refractivity contribution in [2.24, 2.45) is 0 Å². The van der Waals surface area contributed by atoms with Crippen LogP contribution in [0.2, 0.25) is 0 Å². The van der Waals surface area contributed by atoms with Crippen LogP contribution in [0.1, 0.15) is 10.4 Å². The number of carbonyl (C=O) groups excluding carboxylic acids is 1. The number of pyridine rings is 1. The van der Waals surface area contributed by atoms with Crippen molar-refractivity contribution in [1.29, 1.82) is 0 Å². The van der Waals surface area contributed by atoms with Gasteiger partial charge in [0, 0.05) is 22.0 Å². The zero-order chi connectivity index (χ0) is 17.2. The number of thiazole rings is 1. The molecule has 0 unspecified atom stereocenters. The number of carbonyl (C=O) groups is 1. The lowest BCUT2D eigenvalue weighted by Crippen LogP contribution is -2.12. The zero-order valence-corrected chi connectivity index (χ0v) is 14.8. The van der Waals surface area contributed by atoms with E-state index in [4.69, 9.17) is 0 Å². The molecule has 0 aliphatic rings. The summed E-state index contributed by atoms with van der Waals surface area (Å²) in [6.07, 6.45) is 5.30. The van der Waals surface area contributed by atoms with Gasteiger partial charge in [0.1, 0.15) is 6.33 Å². The molecule has 0 atom stereocenters. The van der Waals surface area contributed by atoms with Gasteiger partial charge in [-0.3, -0.25) is 14.5 Å². The van der Waals surface area contributed by atoms with Gasteiger partial charge >= 0.3 is 0 Å². The highest BCUT2D eigenvalue weighted by Crippen LogP contribution is 2.27. The van der Waals surface area contributed by atoms with E-state index in [0.29, 0.717) is 16.3 Å². The van der Waals surface area contributed by atoms with E-state index in [1.54, 1.807) is 40.8 Å². The fourth-order valence-corrected chi connectivity index (χ4v) is 3.48. The maximum absolute atomic E-state index is 12.4. The second-order valence-electron chi connectivity index (χ2n) is 5.23. The third-order valence-electron chi connectivity index (χ3n) is 3.66. The first-order valence-corrected chi connectivity index (χ1v) is 9.54. The fourth-order valence-electron chi connectivity index (χ4n) is 2.36. The van der Waals surface area contributed by atoms with Crippen LogP contribution in [0.15, 0.2) is 59.2 Å². The standard InChI is InChI=1S/C17H13N5OS2/c1-24-13-5-2-11(3-6-13)14-9-25-17(19-14)20-16(23)12-4-7-15-21-18-10-22(15)8-12/h2-10H,1H3,(H,19,20,23). The van der Waals surface area contributed by atoms with Crippen molar-refractivity contribution in [3.63, 3.8) is 0 Å². The summed E-state index contributed by atoms with van der Waals surface area (Å²) in [6, 6.07) is 11.7. The van der Waals surface area contributed by atoms with Crippen LogP contribution < -0.4 is 5.32 Å². The van der Waals surface area contributed by atoms with E-state index in [1.807, 2.05) is 23.8 Å². The van der Waals surface area contributed by atoms with E-state index >= 15 is 0 Å². The van der Waals surface area contributed by atoms with Crippen molar-refractivity contribution in [2.75, 3.05) is 11.6 Å². The molecule has 6 nitrogen and oxygen atoms in total. The second kappa shape index (κ2) is 6.66. The summed E-state index contributed by atoms with van der Waals surface area (Å²) < 4.78 is 1.70. The normalized spacial score (nSPS) is 10.9. The Morgan fingerprint density at radius 2 is 2.04 bits per heavy atom. The van der Waals surface area contributed by atoms with E-state index in [9.17, 15) is 4.79 Å². The molecule has 3 aromatic heterocycles. The Morgan fingerprint density at radius 1 is 1.20 bits per heavy atom. The molecular formula is C17H13N5OS2. The average molecular weight is 367 g/mol. The number of amides is 1. The van der Waals surface area contributed by atoms with Crippen LogP contribution in [0.4, 0.5) is 5.13 Å². The molecule has 0 aliphatic heterocycles. The number of rotatable bonds is 4. The third kappa shape index (κ3) is 3.26. The highest BCUT2D eigenvalue weighted by atomic mass is 32.2. The maximum Gasteiger partial charge on any atom is 0.258 e. The molecule has 1 amide bonds. The Morgan fingerprint density at radius 3 is 2.84 bits per heavy atom. The van der Waals surface area contributed by atoms with Crippen molar-refractivity contribution in [2.45, 2.75) is 4.90 Å². The molecule has 4 rings (SSSR count). The maximum atomic E-state index is 12.4. The zero-order valence-electron chi connectivity index (χ0n) is 13.2. The van der Waals surface area contributed by atoms with Crippen molar-refractivity contribution < 1.29 is 4.79 Å². The summed E-state index contributed by atoms with van der Waals surface area (Å²) in [7, 11) is 0. The monoisotopic (exact) mass is 367 g/mol. The van der Waals surface area contributed by atoms with E-state index in [1.165, 1.54) is 16.2 Å². The summed E-state index contributed by atoms with van der Waals surface area (Å²) in [5, 5.41) is 13.1. The van der Waals surface area contributed by atoms with E-state index in [-0.39, 0.29) is 5.91 Å². The van der Waals surface area contributed by atoms with Crippen molar-refractivity contribution in [3.05, 3.63) is 59.9 Å². The van der Waals surface area contributed by atoms with Gasteiger partial charge in [-0.15, -0.1) is 33.3 Å². The summed E-state index contributed by atoms with van der Waals surface area (Å²) in [5.41, 5.74) is 3.10. The summed E-state index contributed by atoms with van der Waals surface area (Å²) in [6.45, 7) is 0. The predicted molar refractivity (Wildman–Crippen MR) is 100 cm³/mol. The van der Waals surface area contributed by atoms with Crippen LogP contribution in [0.25, 0.3) is 16.9 Å². The molecule has 0 spiro atoms. The van der Waals surface area contributed by atoms with Crippen LogP contribution >= 0.6 is 23.1 Å². The number of benzene rings is 1. The molecule has 0 fully saturated rings. The number of hydrogen-bond acceptors (Lipinski definition) is 6. The largest absolute Gasteiger partial charge is 0.298 e. The van der Waals surface area contributed by atoms with Crippen molar-refractivity contribution >= 4 is 39.8 Å². The Hall–Kier alpha value is -2.71. The molecule has 0 aliphatic carbocycles. The first kappa shape index (κ1) is 15.8. The molecule has 0 bridgehead atoms. The third-order valence-corrected chi connectivity index (χ3v) is 5.16. The molecule has 3 heterocycles. The molecule has 4 aromatic rings. The number of hydrogen-bond donors (Lipinski definition) is 1. The number of nitrogens with one attached hydrogen (secondary N) is 1. The van der Waals surface area contributed by atoms with Gasteiger partial charge in [0.05, 0.1) is 11.3 Å². The SMILES string of the molecule is CSc1ccc(-c2csc(NC(=O)c3ccc4nncn4c3)n2)cc1. The Balaban J connectivity index is 1.52. The van der Waals surface area contributed by atoms with Crippen molar-refractivity contribution in [3.8, 4) is 11.3 Å². The van der Waals surface area contributed by atoms with Gasteiger partial charge in [0.2, 0.25) is 0 Å². The first-order chi connectivity index (χ1) is 12.2. The van der Waals surface area contributed by atoms with Crippen molar-refractivity contribution in [1.82, 2.24) is 19.6 Å². The van der Waals surface area contributed by atoms with E-state index in [2.05, 4.69) is 32.6 Å². The van der Waals surface area contributed by atoms with Gasteiger partial charge in [-0.1, -0.05) is 12.1 Å². The molecule has 25 heavy (non-hydrogen) atoms. The second-order valence-corrected chi connectivity index (χ2v) is 6.97. The van der Waals surface area contributed by atoms with Gasteiger partial charge in [-0.25, -0.2) is 4.98 Å². The summed E-state index contributed by atoms with van der Waals surface area (Å²) in [5.74, 6) is -0.214. The van der Waals surface area contributed by atoms with Crippen LogP contribution in [0, 0.1) is 0 Å².